The maximum atomic E-state index is 14.3. The van der Waals surface area contributed by atoms with Crippen molar-refractivity contribution in [2.75, 3.05) is 13.1 Å². The van der Waals surface area contributed by atoms with Crippen LogP contribution < -0.4 is 0 Å². The molecule has 26 heavy (non-hydrogen) atoms. The Kier molecular flexibility index (Phi) is 4.70. The van der Waals surface area contributed by atoms with Crippen LogP contribution in [0.15, 0.2) is 36.5 Å². The molecule has 0 saturated carbocycles. The van der Waals surface area contributed by atoms with E-state index in [1.807, 2.05) is 23.1 Å². The third kappa shape index (κ3) is 3.61. The molecule has 0 bridgehead atoms. The van der Waals surface area contributed by atoms with E-state index in [-0.39, 0.29) is 6.61 Å². The number of aryl methyl sites for hydroxylation is 2. The Morgan fingerprint density at radius 2 is 2.08 bits per heavy atom. The topological polar surface area (TPSA) is 54.0 Å². The van der Waals surface area contributed by atoms with Crippen molar-refractivity contribution in [3.8, 4) is 0 Å². The van der Waals surface area contributed by atoms with E-state index in [1.165, 1.54) is 11.1 Å². The number of pyridine rings is 1. The van der Waals surface area contributed by atoms with Gasteiger partial charge in [0.15, 0.2) is 0 Å². The fourth-order valence-corrected chi connectivity index (χ4v) is 3.39. The maximum Gasteiger partial charge on any atom is 0.140 e. The molecule has 136 valence electrons. The molecule has 0 spiro atoms. The Hall–Kier alpha value is -2.31. The van der Waals surface area contributed by atoms with Crippen LogP contribution in [0, 0.1) is 13.8 Å². The zero-order valence-electron chi connectivity index (χ0n) is 15.1. The first-order chi connectivity index (χ1) is 12.6. The van der Waals surface area contributed by atoms with Crippen LogP contribution >= 0.6 is 0 Å². The minimum Gasteiger partial charge on any atom is -0.366 e. The number of likely N-dealkylation sites (tertiary alicyclic amines) is 1. The lowest BCUT2D eigenvalue weighted by atomic mass is 10.1. The molecule has 0 radical (unpaired) electrons. The molecule has 1 aromatic carbocycles. The third-order valence-electron chi connectivity index (χ3n) is 4.97. The number of aromatic amines is 1. The molecule has 5 nitrogen and oxygen atoms in total. The van der Waals surface area contributed by atoms with E-state index in [0.717, 1.165) is 22.6 Å². The highest BCUT2D eigenvalue weighted by Crippen LogP contribution is 2.21. The average molecular weight is 354 g/mol. The number of alkyl halides is 1. The van der Waals surface area contributed by atoms with Gasteiger partial charge >= 0.3 is 0 Å². The number of hydrogen-bond acceptors (Lipinski definition) is 4. The van der Waals surface area contributed by atoms with Crippen LogP contribution in [0.2, 0.25) is 0 Å². The molecule has 2 aromatic heterocycles. The largest absolute Gasteiger partial charge is 0.366 e. The predicted octanol–water partition coefficient (Wildman–Crippen LogP) is 3.31. The molecular weight excluding hydrogens is 331 g/mol. The number of nitrogens with one attached hydrogen (secondary N) is 1. The summed E-state index contributed by atoms with van der Waals surface area (Å²) in [6, 6.07) is 9.94. The van der Waals surface area contributed by atoms with E-state index >= 15 is 0 Å². The second kappa shape index (κ2) is 7.13. The standard InChI is InChI=1S/C20H23FN4O/c1-13-7-17-18(8-14(13)2)24-20(23-17)12-26-19-11-25(10-16(19)21)9-15-5-3-4-6-22-15/h3-8,16,19H,9-12H2,1-2H3,(H,23,24)/t16-,19+/m1/s1. The highest BCUT2D eigenvalue weighted by atomic mass is 19.1. The highest BCUT2D eigenvalue weighted by Gasteiger charge is 2.33. The van der Waals surface area contributed by atoms with Crippen LogP contribution in [0.4, 0.5) is 4.39 Å². The molecule has 1 saturated heterocycles. The number of ether oxygens (including phenoxy) is 1. The van der Waals surface area contributed by atoms with E-state index in [2.05, 4.69) is 40.9 Å². The van der Waals surface area contributed by atoms with Crippen molar-refractivity contribution in [2.45, 2.75) is 39.3 Å². The Balaban J connectivity index is 1.37. The number of rotatable bonds is 5. The summed E-state index contributed by atoms with van der Waals surface area (Å²) in [6.45, 7) is 6.02. The minimum absolute atomic E-state index is 0.287. The van der Waals surface area contributed by atoms with Crippen molar-refractivity contribution in [1.82, 2.24) is 19.9 Å². The van der Waals surface area contributed by atoms with Crippen LogP contribution in [0.5, 0.6) is 0 Å². The van der Waals surface area contributed by atoms with E-state index in [0.29, 0.717) is 19.6 Å². The van der Waals surface area contributed by atoms with Gasteiger partial charge in [-0.15, -0.1) is 0 Å². The first-order valence-corrected chi connectivity index (χ1v) is 8.92. The molecular formula is C20H23FN4O. The van der Waals surface area contributed by atoms with E-state index in [4.69, 9.17) is 4.74 Å². The van der Waals surface area contributed by atoms with Gasteiger partial charge in [-0.25, -0.2) is 9.37 Å². The van der Waals surface area contributed by atoms with Crippen molar-refractivity contribution in [3.63, 3.8) is 0 Å². The molecule has 1 fully saturated rings. The summed E-state index contributed by atoms with van der Waals surface area (Å²) in [5.41, 5.74) is 5.29. The summed E-state index contributed by atoms with van der Waals surface area (Å²) in [4.78, 5) is 14.2. The highest BCUT2D eigenvalue weighted by molar-refractivity contribution is 5.77. The molecule has 4 rings (SSSR count). The summed E-state index contributed by atoms with van der Waals surface area (Å²) in [6.07, 6.45) is 0.333. The monoisotopic (exact) mass is 354 g/mol. The van der Waals surface area contributed by atoms with Gasteiger partial charge in [0.25, 0.3) is 0 Å². The van der Waals surface area contributed by atoms with Gasteiger partial charge in [0.05, 0.1) is 16.7 Å². The van der Waals surface area contributed by atoms with Crippen LogP contribution in [-0.4, -0.2) is 45.2 Å². The van der Waals surface area contributed by atoms with Gasteiger partial charge < -0.3 is 9.72 Å². The number of nitrogens with zero attached hydrogens (tertiary/aromatic N) is 3. The Morgan fingerprint density at radius 3 is 2.88 bits per heavy atom. The summed E-state index contributed by atoms with van der Waals surface area (Å²) in [5.74, 6) is 0.736. The number of halogens is 1. The molecule has 0 aliphatic carbocycles. The van der Waals surface area contributed by atoms with Gasteiger partial charge in [0.1, 0.15) is 24.7 Å². The van der Waals surface area contributed by atoms with E-state index < -0.39 is 12.3 Å². The molecule has 0 unspecified atom stereocenters. The molecule has 2 atom stereocenters. The Morgan fingerprint density at radius 1 is 1.23 bits per heavy atom. The SMILES string of the molecule is Cc1cc2nc(CO[C@H]3CN(Cc4ccccn4)C[C@H]3F)[nH]c2cc1C. The fraction of sp³-hybridized carbons (Fsp3) is 0.400. The van der Waals surface area contributed by atoms with Gasteiger partial charge in [-0.05, 0) is 49.2 Å². The zero-order valence-corrected chi connectivity index (χ0v) is 15.1. The Labute approximate surface area is 152 Å². The lowest BCUT2D eigenvalue weighted by Crippen LogP contribution is -2.24. The summed E-state index contributed by atoms with van der Waals surface area (Å²) >= 11 is 0. The van der Waals surface area contributed by atoms with Crippen molar-refractivity contribution in [1.29, 1.82) is 0 Å². The van der Waals surface area contributed by atoms with Crippen LogP contribution in [0.3, 0.4) is 0 Å². The third-order valence-corrected chi connectivity index (χ3v) is 4.97. The first kappa shape index (κ1) is 17.1. The quantitative estimate of drug-likeness (QED) is 0.764. The lowest BCUT2D eigenvalue weighted by Gasteiger charge is -2.15. The van der Waals surface area contributed by atoms with E-state index in [9.17, 15) is 4.39 Å². The number of aromatic nitrogens is 3. The second-order valence-corrected chi connectivity index (χ2v) is 7.02. The van der Waals surface area contributed by atoms with Gasteiger partial charge in [-0.3, -0.25) is 9.88 Å². The number of H-pyrrole nitrogens is 1. The maximum absolute atomic E-state index is 14.3. The lowest BCUT2D eigenvalue weighted by molar-refractivity contribution is 0.00861. The Bertz CT molecular complexity index is 856. The second-order valence-electron chi connectivity index (χ2n) is 7.02. The van der Waals surface area contributed by atoms with Crippen LogP contribution in [0.25, 0.3) is 11.0 Å². The normalized spacial score (nSPS) is 20.9. The van der Waals surface area contributed by atoms with Gasteiger partial charge in [-0.2, -0.15) is 0 Å². The molecule has 1 aliphatic rings. The molecule has 1 aliphatic heterocycles. The first-order valence-electron chi connectivity index (χ1n) is 8.92. The average Bonchev–Trinajstić information content (AvgIpc) is 3.17. The number of imidazole rings is 1. The van der Waals surface area contributed by atoms with Gasteiger partial charge in [-0.1, -0.05) is 6.07 Å². The predicted molar refractivity (Wildman–Crippen MR) is 98.6 cm³/mol. The van der Waals surface area contributed by atoms with Crippen LogP contribution in [0.1, 0.15) is 22.6 Å². The molecule has 3 aromatic rings. The zero-order chi connectivity index (χ0) is 18.1. The van der Waals surface area contributed by atoms with Gasteiger partial charge in [0.2, 0.25) is 0 Å². The molecule has 1 N–H and O–H groups in total. The van der Waals surface area contributed by atoms with Crippen molar-refractivity contribution in [3.05, 3.63) is 59.2 Å². The fourth-order valence-electron chi connectivity index (χ4n) is 3.39. The van der Waals surface area contributed by atoms with Crippen molar-refractivity contribution < 1.29 is 9.13 Å². The number of benzene rings is 1. The molecule has 0 amide bonds. The smallest absolute Gasteiger partial charge is 0.140 e. The number of hydrogen-bond donors (Lipinski definition) is 1. The molecule has 3 heterocycles. The van der Waals surface area contributed by atoms with Crippen molar-refractivity contribution in [2.24, 2.45) is 0 Å². The van der Waals surface area contributed by atoms with Gasteiger partial charge in [0, 0.05) is 25.8 Å². The molecule has 6 heteroatoms. The summed E-state index contributed by atoms with van der Waals surface area (Å²) < 4.78 is 20.2. The van der Waals surface area contributed by atoms with Crippen LogP contribution in [-0.2, 0) is 17.9 Å². The van der Waals surface area contributed by atoms with E-state index in [1.54, 1.807) is 6.20 Å². The number of fused-ring (bicyclic) bond motifs is 1. The minimum atomic E-state index is -0.993. The summed E-state index contributed by atoms with van der Waals surface area (Å²) in [7, 11) is 0. The van der Waals surface area contributed by atoms with Crippen molar-refractivity contribution >= 4 is 11.0 Å². The summed E-state index contributed by atoms with van der Waals surface area (Å²) in [5, 5.41) is 0.